The van der Waals surface area contributed by atoms with E-state index in [0.717, 1.165) is 0 Å². The van der Waals surface area contributed by atoms with E-state index in [1.807, 2.05) is 0 Å². The number of ketones is 1. The fourth-order valence-electron chi connectivity index (χ4n) is 1.83. The molecule has 1 aromatic heterocycles. The first-order valence-corrected chi connectivity index (χ1v) is 7.69. The molecule has 6 nitrogen and oxygen atoms in total. The standard InChI is InChI=1S/C16H14Cl2N2O4/c1-9(21)11-4-14(19-7-11)16(23)24-8-15(22)20-6-10-2-3-12(17)5-13(10)18/h2-5,7,19H,6,8H2,1H3,(H,20,22). The van der Waals surface area contributed by atoms with Crippen molar-refractivity contribution in [1.82, 2.24) is 10.3 Å². The zero-order chi connectivity index (χ0) is 17.7. The Morgan fingerprint density at radius 1 is 1.21 bits per heavy atom. The van der Waals surface area contributed by atoms with Crippen LogP contribution in [0.15, 0.2) is 30.5 Å². The molecule has 8 heteroatoms. The Balaban J connectivity index is 1.82. The minimum Gasteiger partial charge on any atom is -0.451 e. The third kappa shape index (κ3) is 4.84. The van der Waals surface area contributed by atoms with Gasteiger partial charge in [-0.2, -0.15) is 0 Å². The number of carbonyl (C=O) groups is 3. The van der Waals surface area contributed by atoms with E-state index in [0.29, 0.717) is 21.2 Å². The summed E-state index contributed by atoms with van der Waals surface area (Å²) in [6, 6.07) is 6.30. The van der Waals surface area contributed by atoms with Crippen LogP contribution in [0.2, 0.25) is 10.0 Å². The third-order valence-electron chi connectivity index (χ3n) is 3.13. The quantitative estimate of drug-likeness (QED) is 0.605. The predicted molar refractivity (Wildman–Crippen MR) is 89.4 cm³/mol. The summed E-state index contributed by atoms with van der Waals surface area (Å²) in [6.45, 7) is 1.12. The van der Waals surface area contributed by atoms with Gasteiger partial charge >= 0.3 is 5.97 Å². The van der Waals surface area contributed by atoms with Crippen LogP contribution in [-0.4, -0.2) is 29.3 Å². The Labute approximate surface area is 148 Å². The zero-order valence-corrected chi connectivity index (χ0v) is 14.2. The summed E-state index contributed by atoms with van der Waals surface area (Å²) >= 11 is 11.8. The first-order chi connectivity index (χ1) is 11.4. The van der Waals surface area contributed by atoms with Gasteiger partial charge in [-0.3, -0.25) is 9.59 Å². The van der Waals surface area contributed by atoms with E-state index >= 15 is 0 Å². The number of Topliss-reactive ketones (excluding diaryl/α,β-unsaturated/α-hetero) is 1. The van der Waals surface area contributed by atoms with E-state index in [-0.39, 0.29) is 18.0 Å². The zero-order valence-electron chi connectivity index (χ0n) is 12.7. The highest BCUT2D eigenvalue weighted by Gasteiger charge is 2.14. The lowest BCUT2D eigenvalue weighted by Crippen LogP contribution is -2.28. The van der Waals surface area contributed by atoms with Gasteiger partial charge in [-0.05, 0) is 30.7 Å². The van der Waals surface area contributed by atoms with E-state index in [4.69, 9.17) is 27.9 Å². The van der Waals surface area contributed by atoms with Gasteiger partial charge in [-0.15, -0.1) is 0 Å². The first-order valence-electron chi connectivity index (χ1n) is 6.94. The molecule has 24 heavy (non-hydrogen) atoms. The van der Waals surface area contributed by atoms with Gasteiger partial charge in [0.1, 0.15) is 5.69 Å². The minimum atomic E-state index is -0.720. The summed E-state index contributed by atoms with van der Waals surface area (Å²) < 4.78 is 4.87. The molecule has 1 amide bonds. The second-order valence-electron chi connectivity index (χ2n) is 4.95. The van der Waals surface area contributed by atoms with E-state index in [9.17, 15) is 14.4 Å². The molecule has 0 aliphatic carbocycles. The van der Waals surface area contributed by atoms with Gasteiger partial charge in [-0.1, -0.05) is 29.3 Å². The van der Waals surface area contributed by atoms with Gasteiger partial charge in [0.05, 0.1) is 0 Å². The van der Waals surface area contributed by atoms with Gasteiger partial charge in [0, 0.05) is 28.4 Å². The monoisotopic (exact) mass is 368 g/mol. The highest BCUT2D eigenvalue weighted by Crippen LogP contribution is 2.20. The molecule has 0 saturated carbocycles. The molecule has 0 aliphatic heterocycles. The maximum Gasteiger partial charge on any atom is 0.355 e. The van der Waals surface area contributed by atoms with Crippen molar-refractivity contribution >= 4 is 40.9 Å². The van der Waals surface area contributed by atoms with Gasteiger partial charge in [-0.25, -0.2) is 4.79 Å². The van der Waals surface area contributed by atoms with E-state index in [2.05, 4.69) is 10.3 Å². The number of H-pyrrole nitrogens is 1. The molecule has 2 rings (SSSR count). The number of ether oxygens (including phenoxy) is 1. The summed E-state index contributed by atoms with van der Waals surface area (Å²) in [4.78, 5) is 37.3. The minimum absolute atomic E-state index is 0.105. The van der Waals surface area contributed by atoms with Crippen LogP contribution in [0.25, 0.3) is 0 Å². The largest absolute Gasteiger partial charge is 0.451 e. The number of aromatic nitrogens is 1. The number of hydrogen-bond donors (Lipinski definition) is 2. The van der Waals surface area contributed by atoms with Crippen LogP contribution < -0.4 is 5.32 Å². The van der Waals surface area contributed by atoms with Crippen molar-refractivity contribution in [1.29, 1.82) is 0 Å². The Kier molecular flexibility index (Phi) is 6.00. The molecular formula is C16H14Cl2N2O4. The Bertz CT molecular complexity index is 786. The van der Waals surface area contributed by atoms with Crippen molar-refractivity contribution in [2.75, 3.05) is 6.61 Å². The molecule has 0 radical (unpaired) electrons. The number of aromatic amines is 1. The van der Waals surface area contributed by atoms with E-state index < -0.39 is 18.5 Å². The molecule has 0 spiro atoms. The number of carbonyl (C=O) groups excluding carboxylic acids is 3. The van der Waals surface area contributed by atoms with Crippen molar-refractivity contribution in [3.8, 4) is 0 Å². The molecule has 0 unspecified atom stereocenters. The summed E-state index contributed by atoms with van der Waals surface area (Å²) in [5, 5.41) is 3.51. The van der Waals surface area contributed by atoms with Crippen LogP contribution in [0.5, 0.6) is 0 Å². The van der Waals surface area contributed by atoms with Crippen LogP contribution in [0, 0.1) is 0 Å². The lowest BCUT2D eigenvalue weighted by molar-refractivity contribution is -0.124. The number of amides is 1. The fourth-order valence-corrected chi connectivity index (χ4v) is 2.31. The predicted octanol–water partition coefficient (Wildman–Crippen LogP) is 3.00. The number of benzene rings is 1. The summed E-state index contributed by atoms with van der Waals surface area (Å²) in [7, 11) is 0. The van der Waals surface area contributed by atoms with E-state index in [1.165, 1.54) is 19.2 Å². The normalized spacial score (nSPS) is 10.3. The van der Waals surface area contributed by atoms with E-state index in [1.54, 1.807) is 18.2 Å². The highest BCUT2D eigenvalue weighted by atomic mass is 35.5. The van der Waals surface area contributed by atoms with Crippen LogP contribution >= 0.6 is 23.2 Å². The van der Waals surface area contributed by atoms with Crippen LogP contribution in [0.3, 0.4) is 0 Å². The number of rotatable bonds is 6. The molecular weight excluding hydrogens is 355 g/mol. The smallest absolute Gasteiger partial charge is 0.355 e. The number of esters is 1. The molecule has 0 atom stereocenters. The highest BCUT2D eigenvalue weighted by molar-refractivity contribution is 6.35. The Morgan fingerprint density at radius 3 is 2.58 bits per heavy atom. The Hall–Kier alpha value is -2.31. The maximum absolute atomic E-state index is 11.8. The molecule has 1 aromatic carbocycles. The fraction of sp³-hybridized carbons (Fsp3) is 0.188. The Morgan fingerprint density at radius 2 is 1.96 bits per heavy atom. The first kappa shape index (κ1) is 18.0. The molecule has 126 valence electrons. The lowest BCUT2D eigenvalue weighted by atomic mass is 10.2. The maximum atomic E-state index is 11.8. The third-order valence-corrected chi connectivity index (χ3v) is 3.72. The molecule has 2 aromatic rings. The van der Waals surface area contributed by atoms with Gasteiger partial charge in [0.2, 0.25) is 0 Å². The van der Waals surface area contributed by atoms with Crippen molar-refractivity contribution in [3.05, 3.63) is 57.3 Å². The van der Waals surface area contributed by atoms with Crippen LogP contribution in [0.4, 0.5) is 0 Å². The number of halogens is 2. The molecule has 0 saturated heterocycles. The van der Waals surface area contributed by atoms with Gasteiger partial charge in [0.15, 0.2) is 12.4 Å². The van der Waals surface area contributed by atoms with Crippen LogP contribution in [0.1, 0.15) is 33.3 Å². The van der Waals surface area contributed by atoms with Crippen molar-refractivity contribution < 1.29 is 19.1 Å². The van der Waals surface area contributed by atoms with Crippen molar-refractivity contribution in [2.45, 2.75) is 13.5 Å². The summed E-state index contributed by atoms with van der Waals surface area (Å²) in [5.41, 5.74) is 1.16. The topological polar surface area (TPSA) is 88.3 Å². The lowest BCUT2D eigenvalue weighted by Gasteiger charge is -2.08. The van der Waals surface area contributed by atoms with Crippen molar-refractivity contribution in [3.63, 3.8) is 0 Å². The molecule has 0 bridgehead atoms. The summed E-state index contributed by atoms with van der Waals surface area (Å²) in [5.74, 6) is -1.38. The summed E-state index contributed by atoms with van der Waals surface area (Å²) in [6.07, 6.45) is 1.40. The molecule has 0 fully saturated rings. The second-order valence-corrected chi connectivity index (χ2v) is 5.79. The number of hydrogen-bond acceptors (Lipinski definition) is 4. The average Bonchev–Trinajstić information content (AvgIpc) is 3.02. The average molecular weight is 369 g/mol. The van der Waals surface area contributed by atoms with Crippen molar-refractivity contribution in [2.24, 2.45) is 0 Å². The molecule has 0 aliphatic rings. The molecule has 1 heterocycles. The van der Waals surface area contributed by atoms with Gasteiger partial charge in [0.25, 0.3) is 5.91 Å². The second kappa shape index (κ2) is 7.99. The molecule has 2 N–H and O–H groups in total. The number of nitrogens with one attached hydrogen (secondary N) is 2. The van der Waals surface area contributed by atoms with Gasteiger partial charge < -0.3 is 15.0 Å². The SMILES string of the molecule is CC(=O)c1c[nH]c(C(=O)OCC(=O)NCc2ccc(Cl)cc2Cl)c1. The van der Waals surface area contributed by atoms with Crippen LogP contribution in [-0.2, 0) is 16.1 Å².